The van der Waals surface area contributed by atoms with Gasteiger partial charge in [-0.15, -0.1) is 0 Å². The summed E-state index contributed by atoms with van der Waals surface area (Å²) < 4.78 is 4.79. The van der Waals surface area contributed by atoms with Gasteiger partial charge >= 0.3 is 5.97 Å². The van der Waals surface area contributed by atoms with Crippen LogP contribution in [0, 0.1) is 0 Å². The third-order valence-corrected chi connectivity index (χ3v) is 3.21. The Morgan fingerprint density at radius 1 is 1.44 bits per heavy atom. The van der Waals surface area contributed by atoms with Gasteiger partial charge in [0, 0.05) is 12.6 Å². The topological polar surface area (TPSA) is 29.5 Å². The van der Waals surface area contributed by atoms with Crippen molar-refractivity contribution in [2.45, 2.75) is 32.0 Å². The molecule has 2 rings (SSSR count). The molecule has 0 amide bonds. The van der Waals surface area contributed by atoms with Crippen LogP contribution in [0.1, 0.15) is 18.9 Å². The van der Waals surface area contributed by atoms with Crippen LogP contribution in [0.5, 0.6) is 0 Å². The molecule has 0 N–H and O–H groups in total. The molecule has 0 radical (unpaired) electrons. The lowest BCUT2D eigenvalue weighted by Gasteiger charge is -2.45. The second-order valence-corrected chi connectivity index (χ2v) is 4.28. The van der Waals surface area contributed by atoms with Crippen LogP contribution in [0.3, 0.4) is 0 Å². The molecule has 0 aliphatic carbocycles. The van der Waals surface area contributed by atoms with Gasteiger partial charge in [-0.2, -0.15) is 0 Å². The SMILES string of the molecule is COC(=O)C1CC(C)N1Cc1ccccc1. The third-order valence-electron chi connectivity index (χ3n) is 3.21. The van der Waals surface area contributed by atoms with E-state index in [1.807, 2.05) is 18.2 Å². The highest BCUT2D eigenvalue weighted by molar-refractivity contribution is 5.76. The number of benzene rings is 1. The van der Waals surface area contributed by atoms with Crippen LogP contribution in [-0.4, -0.2) is 30.1 Å². The lowest BCUT2D eigenvalue weighted by Crippen LogP contribution is -2.57. The molecule has 0 aromatic heterocycles. The van der Waals surface area contributed by atoms with Gasteiger partial charge in [0.1, 0.15) is 6.04 Å². The van der Waals surface area contributed by atoms with Crippen LogP contribution in [0.25, 0.3) is 0 Å². The highest BCUT2D eigenvalue weighted by Gasteiger charge is 2.40. The van der Waals surface area contributed by atoms with Crippen molar-refractivity contribution in [3.63, 3.8) is 0 Å². The van der Waals surface area contributed by atoms with Gasteiger partial charge in [-0.3, -0.25) is 9.69 Å². The van der Waals surface area contributed by atoms with Gasteiger partial charge in [0.25, 0.3) is 0 Å². The Morgan fingerprint density at radius 3 is 2.69 bits per heavy atom. The van der Waals surface area contributed by atoms with Crippen molar-refractivity contribution in [3.8, 4) is 0 Å². The van der Waals surface area contributed by atoms with Crippen molar-refractivity contribution >= 4 is 5.97 Å². The lowest BCUT2D eigenvalue weighted by atomic mass is 9.93. The average Bonchev–Trinajstić information content (AvgIpc) is 2.33. The summed E-state index contributed by atoms with van der Waals surface area (Å²) in [6, 6.07) is 10.6. The molecule has 1 heterocycles. The fourth-order valence-corrected chi connectivity index (χ4v) is 2.19. The summed E-state index contributed by atoms with van der Waals surface area (Å²) in [6.45, 7) is 2.96. The standard InChI is InChI=1S/C13H17NO2/c1-10-8-12(13(15)16-2)14(10)9-11-6-4-3-5-7-11/h3-7,10,12H,8-9H2,1-2H3. The van der Waals surface area contributed by atoms with Gasteiger partial charge in [-0.25, -0.2) is 0 Å². The number of ether oxygens (including phenoxy) is 1. The third kappa shape index (κ3) is 2.09. The zero-order valence-corrected chi connectivity index (χ0v) is 9.72. The molecule has 0 bridgehead atoms. The van der Waals surface area contributed by atoms with E-state index < -0.39 is 0 Å². The Morgan fingerprint density at radius 2 is 2.12 bits per heavy atom. The van der Waals surface area contributed by atoms with E-state index in [1.54, 1.807) is 0 Å². The second kappa shape index (κ2) is 4.66. The van der Waals surface area contributed by atoms with Crippen molar-refractivity contribution in [2.75, 3.05) is 7.11 Å². The predicted octanol–water partition coefficient (Wildman–Crippen LogP) is 1.82. The molecular weight excluding hydrogens is 202 g/mol. The Bertz CT molecular complexity index is 363. The molecular formula is C13H17NO2. The minimum absolute atomic E-state index is 0.0554. The summed E-state index contributed by atoms with van der Waals surface area (Å²) >= 11 is 0. The minimum atomic E-state index is -0.117. The van der Waals surface area contributed by atoms with Crippen LogP contribution in [0.2, 0.25) is 0 Å². The monoisotopic (exact) mass is 219 g/mol. The molecule has 1 aromatic rings. The molecule has 1 saturated heterocycles. The maximum atomic E-state index is 11.5. The van der Waals surface area contributed by atoms with Crippen molar-refractivity contribution in [2.24, 2.45) is 0 Å². The Kier molecular flexibility index (Phi) is 3.25. The fraction of sp³-hybridized carbons (Fsp3) is 0.462. The number of hydrogen-bond donors (Lipinski definition) is 0. The first-order valence-electron chi connectivity index (χ1n) is 5.60. The second-order valence-electron chi connectivity index (χ2n) is 4.28. The van der Waals surface area contributed by atoms with E-state index in [1.165, 1.54) is 12.7 Å². The van der Waals surface area contributed by atoms with E-state index >= 15 is 0 Å². The van der Waals surface area contributed by atoms with Crippen molar-refractivity contribution in [1.29, 1.82) is 0 Å². The van der Waals surface area contributed by atoms with E-state index in [2.05, 4.69) is 24.0 Å². The van der Waals surface area contributed by atoms with Crippen LogP contribution >= 0.6 is 0 Å². The zero-order chi connectivity index (χ0) is 11.5. The first kappa shape index (κ1) is 11.1. The van der Waals surface area contributed by atoms with Gasteiger partial charge in [-0.05, 0) is 18.9 Å². The van der Waals surface area contributed by atoms with Crippen LogP contribution in [0.4, 0.5) is 0 Å². The van der Waals surface area contributed by atoms with E-state index in [-0.39, 0.29) is 12.0 Å². The number of hydrogen-bond acceptors (Lipinski definition) is 3. The predicted molar refractivity (Wildman–Crippen MR) is 61.9 cm³/mol. The zero-order valence-electron chi connectivity index (χ0n) is 9.72. The maximum absolute atomic E-state index is 11.5. The van der Waals surface area contributed by atoms with Gasteiger partial charge in [0.15, 0.2) is 0 Å². The number of methoxy groups -OCH3 is 1. The largest absolute Gasteiger partial charge is 0.468 e. The van der Waals surface area contributed by atoms with Gasteiger partial charge in [0.2, 0.25) is 0 Å². The van der Waals surface area contributed by atoms with Crippen LogP contribution in [-0.2, 0) is 16.1 Å². The summed E-state index contributed by atoms with van der Waals surface area (Å²) in [5.41, 5.74) is 1.24. The van der Waals surface area contributed by atoms with E-state index in [9.17, 15) is 4.79 Å². The maximum Gasteiger partial charge on any atom is 0.323 e. The summed E-state index contributed by atoms with van der Waals surface area (Å²) in [5, 5.41) is 0. The van der Waals surface area contributed by atoms with Gasteiger partial charge < -0.3 is 4.74 Å². The summed E-state index contributed by atoms with van der Waals surface area (Å²) in [7, 11) is 1.45. The normalized spacial score (nSPS) is 24.9. The van der Waals surface area contributed by atoms with Gasteiger partial charge in [-0.1, -0.05) is 30.3 Å². The highest BCUT2D eigenvalue weighted by Crippen LogP contribution is 2.28. The number of carbonyl (C=O) groups excluding carboxylic acids is 1. The molecule has 16 heavy (non-hydrogen) atoms. The molecule has 2 atom stereocenters. The molecule has 1 aliphatic heterocycles. The summed E-state index contributed by atoms with van der Waals surface area (Å²) in [5.74, 6) is -0.117. The number of likely N-dealkylation sites (tertiary alicyclic amines) is 1. The van der Waals surface area contributed by atoms with E-state index in [0.29, 0.717) is 6.04 Å². The molecule has 86 valence electrons. The summed E-state index contributed by atoms with van der Waals surface area (Å²) in [4.78, 5) is 13.7. The summed E-state index contributed by atoms with van der Waals surface area (Å²) in [6.07, 6.45) is 0.902. The van der Waals surface area contributed by atoms with E-state index in [0.717, 1.165) is 13.0 Å². The molecule has 1 aromatic carbocycles. The Hall–Kier alpha value is -1.35. The van der Waals surface area contributed by atoms with Crippen molar-refractivity contribution < 1.29 is 9.53 Å². The highest BCUT2D eigenvalue weighted by atomic mass is 16.5. The molecule has 1 aliphatic rings. The molecule has 3 nitrogen and oxygen atoms in total. The molecule has 3 heteroatoms. The van der Waals surface area contributed by atoms with E-state index in [4.69, 9.17) is 4.74 Å². The number of rotatable bonds is 3. The van der Waals surface area contributed by atoms with Crippen LogP contribution < -0.4 is 0 Å². The molecule has 0 spiro atoms. The Balaban J connectivity index is 2.01. The Labute approximate surface area is 96.0 Å². The molecule has 2 unspecified atom stereocenters. The molecule has 0 saturated carbocycles. The number of esters is 1. The molecule has 1 fully saturated rings. The lowest BCUT2D eigenvalue weighted by molar-refractivity contribution is -0.156. The smallest absolute Gasteiger partial charge is 0.323 e. The fourth-order valence-electron chi connectivity index (χ4n) is 2.19. The quantitative estimate of drug-likeness (QED) is 0.726. The van der Waals surface area contributed by atoms with Gasteiger partial charge in [0.05, 0.1) is 7.11 Å². The van der Waals surface area contributed by atoms with Crippen LogP contribution in [0.15, 0.2) is 30.3 Å². The number of nitrogens with zero attached hydrogens (tertiary/aromatic N) is 1. The van der Waals surface area contributed by atoms with Crippen molar-refractivity contribution in [1.82, 2.24) is 4.90 Å². The van der Waals surface area contributed by atoms with Crippen molar-refractivity contribution in [3.05, 3.63) is 35.9 Å². The first-order valence-corrected chi connectivity index (χ1v) is 5.60. The number of carbonyl (C=O) groups is 1. The first-order chi connectivity index (χ1) is 7.72. The minimum Gasteiger partial charge on any atom is -0.468 e. The average molecular weight is 219 g/mol.